The van der Waals surface area contributed by atoms with Gasteiger partial charge in [0, 0.05) is 6.07 Å². The van der Waals surface area contributed by atoms with Gasteiger partial charge in [0.15, 0.2) is 17.3 Å². The first-order valence-corrected chi connectivity index (χ1v) is 8.94. The molecule has 0 spiro atoms. The molecule has 30 heavy (non-hydrogen) atoms. The van der Waals surface area contributed by atoms with Crippen molar-refractivity contribution in [2.75, 3.05) is 21.3 Å². The van der Waals surface area contributed by atoms with Crippen molar-refractivity contribution in [3.63, 3.8) is 0 Å². The Hall–Kier alpha value is -4.00. The summed E-state index contributed by atoms with van der Waals surface area (Å²) in [6.45, 7) is 0. The molecule has 0 aliphatic heterocycles. The SMILES string of the molecule is COc1ccc(C(=O)/C=C/c2ccc(OC)c(OC)c2)c(OC(=O)c2ccco2)c1. The molecule has 154 valence electrons. The van der Waals surface area contributed by atoms with Crippen molar-refractivity contribution in [3.05, 3.63) is 77.8 Å². The maximum atomic E-state index is 12.8. The van der Waals surface area contributed by atoms with Crippen LogP contribution in [0.25, 0.3) is 6.08 Å². The molecule has 0 saturated carbocycles. The topological polar surface area (TPSA) is 84.2 Å². The molecule has 0 bridgehead atoms. The average molecular weight is 408 g/mol. The molecule has 7 heteroatoms. The van der Waals surface area contributed by atoms with Crippen LogP contribution in [-0.2, 0) is 0 Å². The van der Waals surface area contributed by atoms with Gasteiger partial charge in [-0.25, -0.2) is 4.79 Å². The van der Waals surface area contributed by atoms with Gasteiger partial charge in [0.2, 0.25) is 5.76 Å². The van der Waals surface area contributed by atoms with Crippen molar-refractivity contribution in [2.45, 2.75) is 0 Å². The van der Waals surface area contributed by atoms with Gasteiger partial charge in [-0.3, -0.25) is 4.79 Å². The number of rotatable bonds is 8. The van der Waals surface area contributed by atoms with E-state index in [-0.39, 0.29) is 22.9 Å². The number of benzene rings is 2. The third kappa shape index (κ3) is 4.70. The fraction of sp³-hybridized carbons (Fsp3) is 0.130. The molecule has 0 radical (unpaired) electrons. The zero-order valence-electron chi connectivity index (χ0n) is 16.7. The zero-order valence-corrected chi connectivity index (χ0v) is 16.7. The van der Waals surface area contributed by atoms with Gasteiger partial charge in [0.25, 0.3) is 0 Å². The number of carbonyl (C=O) groups excluding carboxylic acids is 2. The summed E-state index contributed by atoms with van der Waals surface area (Å²) >= 11 is 0. The number of furan rings is 1. The number of carbonyl (C=O) groups is 2. The smallest absolute Gasteiger partial charge is 0.379 e. The fourth-order valence-electron chi connectivity index (χ4n) is 2.68. The molecule has 0 aliphatic carbocycles. The van der Waals surface area contributed by atoms with E-state index in [1.165, 1.54) is 44.8 Å². The van der Waals surface area contributed by atoms with Crippen LogP contribution in [0.4, 0.5) is 0 Å². The molecule has 0 atom stereocenters. The van der Waals surface area contributed by atoms with Gasteiger partial charge in [-0.15, -0.1) is 0 Å². The first kappa shape index (κ1) is 20.7. The zero-order chi connectivity index (χ0) is 21.5. The molecule has 0 fully saturated rings. The Morgan fingerprint density at radius 2 is 1.67 bits per heavy atom. The first-order valence-electron chi connectivity index (χ1n) is 8.94. The van der Waals surface area contributed by atoms with Crippen molar-refractivity contribution < 1.29 is 33.0 Å². The van der Waals surface area contributed by atoms with Crippen LogP contribution < -0.4 is 18.9 Å². The quantitative estimate of drug-likeness (QED) is 0.236. The van der Waals surface area contributed by atoms with Crippen LogP contribution in [0.2, 0.25) is 0 Å². The minimum Gasteiger partial charge on any atom is -0.497 e. The first-order chi connectivity index (χ1) is 14.5. The molecule has 0 aliphatic rings. The number of allylic oxidation sites excluding steroid dienone is 1. The van der Waals surface area contributed by atoms with Crippen molar-refractivity contribution >= 4 is 17.8 Å². The second-order valence-corrected chi connectivity index (χ2v) is 6.04. The van der Waals surface area contributed by atoms with Crippen LogP contribution in [0.3, 0.4) is 0 Å². The normalized spacial score (nSPS) is 10.6. The molecule has 3 rings (SSSR count). The molecular formula is C23H20O7. The Balaban J connectivity index is 1.86. The number of hydrogen-bond acceptors (Lipinski definition) is 7. The van der Waals surface area contributed by atoms with Gasteiger partial charge < -0.3 is 23.4 Å². The van der Waals surface area contributed by atoms with Crippen molar-refractivity contribution in [1.29, 1.82) is 0 Å². The predicted molar refractivity (Wildman–Crippen MR) is 110 cm³/mol. The molecule has 0 N–H and O–H groups in total. The van der Waals surface area contributed by atoms with E-state index in [1.54, 1.807) is 43.5 Å². The summed E-state index contributed by atoms with van der Waals surface area (Å²) < 4.78 is 26.1. The molecule has 3 aromatic rings. The van der Waals surface area contributed by atoms with E-state index >= 15 is 0 Å². The third-order valence-corrected chi connectivity index (χ3v) is 4.21. The van der Waals surface area contributed by atoms with Crippen LogP contribution in [-0.4, -0.2) is 33.1 Å². The average Bonchev–Trinajstić information content (AvgIpc) is 3.32. The Bertz CT molecular complexity index is 1070. The maximum absolute atomic E-state index is 12.8. The van der Waals surface area contributed by atoms with Crippen molar-refractivity contribution in [3.8, 4) is 23.0 Å². The Labute approximate surface area is 173 Å². The Kier molecular flexibility index (Phi) is 6.54. The molecule has 0 saturated heterocycles. The van der Waals surface area contributed by atoms with Crippen LogP contribution >= 0.6 is 0 Å². The highest BCUT2D eigenvalue weighted by atomic mass is 16.5. The summed E-state index contributed by atoms with van der Waals surface area (Å²) in [5, 5.41) is 0. The highest BCUT2D eigenvalue weighted by Gasteiger charge is 2.18. The van der Waals surface area contributed by atoms with Crippen LogP contribution in [0.1, 0.15) is 26.5 Å². The maximum Gasteiger partial charge on any atom is 0.379 e. The second-order valence-electron chi connectivity index (χ2n) is 6.04. The summed E-state index contributed by atoms with van der Waals surface area (Å²) in [4.78, 5) is 25.0. The highest BCUT2D eigenvalue weighted by molar-refractivity contribution is 6.09. The van der Waals surface area contributed by atoms with Crippen molar-refractivity contribution in [2.24, 2.45) is 0 Å². The van der Waals surface area contributed by atoms with E-state index in [0.29, 0.717) is 17.2 Å². The largest absolute Gasteiger partial charge is 0.497 e. The van der Waals surface area contributed by atoms with Crippen LogP contribution in [0.5, 0.6) is 23.0 Å². The van der Waals surface area contributed by atoms with Gasteiger partial charge in [-0.05, 0) is 48.0 Å². The van der Waals surface area contributed by atoms with Gasteiger partial charge in [0.05, 0.1) is 33.2 Å². The summed E-state index contributed by atoms with van der Waals surface area (Å²) in [5.74, 6) is 0.598. The molecule has 1 heterocycles. The Morgan fingerprint density at radius 1 is 0.867 bits per heavy atom. The molecule has 0 unspecified atom stereocenters. The van der Waals surface area contributed by atoms with Crippen LogP contribution in [0.15, 0.2) is 65.3 Å². The highest BCUT2D eigenvalue weighted by Crippen LogP contribution is 2.29. The third-order valence-electron chi connectivity index (χ3n) is 4.21. The van der Waals surface area contributed by atoms with Gasteiger partial charge in [-0.2, -0.15) is 0 Å². The number of ether oxygens (including phenoxy) is 4. The Morgan fingerprint density at radius 3 is 2.33 bits per heavy atom. The van der Waals surface area contributed by atoms with E-state index in [9.17, 15) is 9.59 Å². The molecule has 7 nitrogen and oxygen atoms in total. The molecule has 1 aromatic heterocycles. The summed E-state index contributed by atoms with van der Waals surface area (Å²) in [7, 11) is 4.56. The lowest BCUT2D eigenvalue weighted by Gasteiger charge is -2.09. The monoisotopic (exact) mass is 408 g/mol. The summed E-state index contributed by atoms with van der Waals surface area (Å²) in [5.41, 5.74) is 0.941. The minimum atomic E-state index is -0.717. The predicted octanol–water partition coefficient (Wildman–Crippen LogP) is 4.42. The fourth-order valence-corrected chi connectivity index (χ4v) is 2.68. The van der Waals surface area contributed by atoms with E-state index in [2.05, 4.69) is 0 Å². The van der Waals surface area contributed by atoms with Gasteiger partial charge >= 0.3 is 5.97 Å². The number of methoxy groups -OCH3 is 3. The van der Waals surface area contributed by atoms with Crippen molar-refractivity contribution in [1.82, 2.24) is 0 Å². The minimum absolute atomic E-state index is 0.0251. The number of ketones is 1. The van der Waals surface area contributed by atoms with E-state index in [4.69, 9.17) is 23.4 Å². The molecular weight excluding hydrogens is 388 g/mol. The number of hydrogen-bond donors (Lipinski definition) is 0. The van der Waals surface area contributed by atoms with Gasteiger partial charge in [-0.1, -0.05) is 12.1 Å². The van der Waals surface area contributed by atoms with Crippen LogP contribution in [0, 0.1) is 0 Å². The van der Waals surface area contributed by atoms with Gasteiger partial charge in [0.1, 0.15) is 11.5 Å². The van der Waals surface area contributed by atoms with E-state index < -0.39 is 5.97 Å². The van der Waals surface area contributed by atoms with E-state index in [0.717, 1.165) is 5.56 Å². The lowest BCUT2D eigenvalue weighted by Crippen LogP contribution is -2.10. The lowest BCUT2D eigenvalue weighted by molar-refractivity contribution is 0.0699. The lowest BCUT2D eigenvalue weighted by atomic mass is 10.1. The second kappa shape index (κ2) is 9.47. The molecule has 2 aromatic carbocycles. The molecule has 0 amide bonds. The standard InChI is InChI=1S/C23H20O7/c1-26-16-8-9-17(21(14-16)30-23(25)20-5-4-12-29-20)18(24)10-6-15-7-11-19(27-2)22(13-15)28-3/h4-14H,1-3H3/b10-6+. The summed E-state index contributed by atoms with van der Waals surface area (Å²) in [6, 6.07) is 12.9. The summed E-state index contributed by atoms with van der Waals surface area (Å²) in [6.07, 6.45) is 4.38. The van der Waals surface area contributed by atoms with E-state index in [1.807, 2.05) is 0 Å². The number of esters is 1.